The first kappa shape index (κ1) is 23.6. The molecule has 0 saturated heterocycles. The molecule has 1 heterocycles. The van der Waals surface area contributed by atoms with Gasteiger partial charge in [0, 0.05) is 30.9 Å². The van der Waals surface area contributed by atoms with Crippen LogP contribution in [-0.2, 0) is 16.6 Å². The van der Waals surface area contributed by atoms with Crippen molar-refractivity contribution in [2.45, 2.75) is 39.1 Å². The van der Waals surface area contributed by atoms with Gasteiger partial charge >= 0.3 is 0 Å². The van der Waals surface area contributed by atoms with Crippen molar-refractivity contribution in [1.82, 2.24) is 19.4 Å². The van der Waals surface area contributed by atoms with Crippen LogP contribution in [0, 0.1) is 19.7 Å². The maximum absolute atomic E-state index is 14.4. The third-order valence-electron chi connectivity index (χ3n) is 5.39. The molecule has 3 rings (SSSR count). The van der Waals surface area contributed by atoms with Gasteiger partial charge in [0.15, 0.2) is 0 Å². The summed E-state index contributed by atoms with van der Waals surface area (Å²) in [5.41, 5.74) is 2.99. The number of hydrogen-bond acceptors (Lipinski definition) is 4. The van der Waals surface area contributed by atoms with Gasteiger partial charge in [-0.2, -0.15) is 9.40 Å². The Hall–Kier alpha value is -3.04. The zero-order valence-corrected chi connectivity index (χ0v) is 19.4. The van der Waals surface area contributed by atoms with Gasteiger partial charge in [-0.15, -0.1) is 0 Å². The Balaban J connectivity index is 1.84. The summed E-state index contributed by atoms with van der Waals surface area (Å²) in [5, 5.41) is 7.24. The molecule has 0 spiro atoms. The Labute approximate surface area is 187 Å². The van der Waals surface area contributed by atoms with Gasteiger partial charge in [0.05, 0.1) is 21.8 Å². The van der Waals surface area contributed by atoms with Crippen LogP contribution in [0.2, 0.25) is 0 Å². The highest BCUT2D eigenvalue weighted by atomic mass is 32.2. The summed E-state index contributed by atoms with van der Waals surface area (Å²) in [4.78, 5) is 12.6. The minimum Gasteiger partial charge on any atom is -0.348 e. The van der Waals surface area contributed by atoms with Gasteiger partial charge in [-0.05, 0) is 44.2 Å². The van der Waals surface area contributed by atoms with Crippen LogP contribution < -0.4 is 5.32 Å². The Morgan fingerprint density at radius 1 is 1.09 bits per heavy atom. The number of aryl methyl sites for hydroxylation is 1. The second kappa shape index (κ2) is 9.62. The molecule has 0 radical (unpaired) electrons. The monoisotopic (exact) mass is 458 g/mol. The van der Waals surface area contributed by atoms with Crippen molar-refractivity contribution in [3.8, 4) is 5.69 Å². The van der Waals surface area contributed by atoms with Crippen molar-refractivity contribution < 1.29 is 17.6 Å². The van der Waals surface area contributed by atoms with Gasteiger partial charge < -0.3 is 5.32 Å². The highest BCUT2D eigenvalue weighted by Crippen LogP contribution is 2.21. The highest BCUT2D eigenvalue weighted by Gasteiger charge is 2.24. The van der Waals surface area contributed by atoms with Gasteiger partial charge in [0.2, 0.25) is 10.0 Å². The molecule has 0 unspecified atom stereocenters. The van der Waals surface area contributed by atoms with Crippen LogP contribution in [0.25, 0.3) is 5.69 Å². The lowest BCUT2D eigenvalue weighted by molar-refractivity contribution is 0.0946. The quantitative estimate of drug-likeness (QED) is 0.559. The standard InChI is InChI=1S/C23H27FN4O3S/c1-5-27(6-2)32(30,31)19-12-13-22(24)20(14-19)23(29)25-15-21-16(3)26-28(17(21)4)18-10-8-7-9-11-18/h7-14H,5-6,15H2,1-4H3,(H,25,29). The second-order valence-electron chi connectivity index (χ2n) is 7.31. The van der Waals surface area contributed by atoms with E-state index in [9.17, 15) is 17.6 Å². The average molecular weight is 459 g/mol. The first-order chi connectivity index (χ1) is 15.2. The summed E-state index contributed by atoms with van der Waals surface area (Å²) in [6.45, 7) is 7.87. The van der Waals surface area contributed by atoms with Crippen LogP contribution in [0.3, 0.4) is 0 Å². The molecular formula is C23H27FN4O3S. The number of para-hydroxylation sites is 1. The van der Waals surface area contributed by atoms with E-state index < -0.39 is 21.7 Å². The normalized spacial score (nSPS) is 11.7. The Kier molecular flexibility index (Phi) is 7.10. The number of hydrogen-bond donors (Lipinski definition) is 1. The van der Waals surface area contributed by atoms with Crippen LogP contribution in [0.1, 0.15) is 41.2 Å². The van der Waals surface area contributed by atoms with Crippen LogP contribution in [0.4, 0.5) is 4.39 Å². The van der Waals surface area contributed by atoms with Gasteiger partial charge in [-0.25, -0.2) is 17.5 Å². The number of carbonyl (C=O) groups is 1. The molecule has 1 amide bonds. The average Bonchev–Trinajstić information content (AvgIpc) is 3.06. The van der Waals surface area contributed by atoms with Gasteiger partial charge in [-0.3, -0.25) is 4.79 Å². The fraction of sp³-hybridized carbons (Fsp3) is 0.304. The van der Waals surface area contributed by atoms with E-state index in [0.29, 0.717) is 0 Å². The summed E-state index contributed by atoms with van der Waals surface area (Å²) >= 11 is 0. The molecule has 0 bridgehead atoms. The molecule has 1 aromatic heterocycles. The fourth-order valence-electron chi connectivity index (χ4n) is 3.57. The van der Waals surface area contributed by atoms with Crippen LogP contribution >= 0.6 is 0 Å². The van der Waals surface area contributed by atoms with E-state index in [0.717, 1.165) is 34.8 Å². The van der Waals surface area contributed by atoms with E-state index in [-0.39, 0.29) is 30.1 Å². The zero-order valence-electron chi connectivity index (χ0n) is 18.6. The summed E-state index contributed by atoms with van der Waals surface area (Å²) in [6.07, 6.45) is 0. The number of aromatic nitrogens is 2. The highest BCUT2D eigenvalue weighted by molar-refractivity contribution is 7.89. The van der Waals surface area contributed by atoms with E-state index in [1.54, 1.807) is 18.5 Å². The second-order valence-corrected chi connectivity index (χ2v) is 9.25. The molecular weight excluding hydrogens is 431 g/mol. The third kappa shape index (κ3) is 4.58. The number of nitrogens with zero attached hydrogens (tertiary/aromatic N) is 3. The molecule has 32 heavy (non-hydrogen) atoms. The molecule has 0 fully saturated rings. The first-order valence-corrected chi connectivity index (χ1v) is 11.8. The van der Waals surface area contributed by atoms with Crippen LogP contribution in [-0.4, -0.2) is 41.5 Å². The van der Waals surface area contributed by atoms with Gasteiger partial charge in [-0.1, -0.05) is 32.0 Å². The van der Waals surface area contributed by atoms with Crippen LogP contribution in [0.5, 0.6) is 0 Å². The van der Waals surface area contributed by atoms with Crippen molar-refractivity contribution >= 4 is 15.9 Å². The van der Waals surface area contributed by atoms with Crippen molar-refractivity contribution in [1.29, 1.82) is 0 Å². The van der Waals surface area contributed by atoms with E-state index in [1.807, 2.05) is 44.2 Å². The number of nitrogens with one attached hydrogen (secondary N) is 1. The van der Waals surface area contributed by atoms with Gasteiger partial charge in [0.25, 0.3) is 5.91 Å². The number of amides is 1. The fourth-order valence-corrected chi connectivity index (χ4v) is 5.05. The summed E-state index contributed by atoms with van der Waals surface area (Å²) in [5.74, 6) is -1.47. The van der Waals surface area contributed by atoms with Crippen molar-refractivity contribution in [2.24, 2.45) is 0 Å². The minimum absolute atomic E-state index is 0.114. The topological polar surface area (TPSA) is 84.3 Å². The predicted octanol–water partition coefficient (Wildman–Crippen LogP) is 3.59. The number of halogens is 1. The molecule has 0 aliphatic carbocycles. The maximum atomic E-state index is 14.4. The Morgan fingerprint density at radius 2 is 1.75 bits per heavy atom. The predicted molar refractivity (Wildman–Crippen MR) is 121 cm³/mol. The lowest BCUT2D eigenvalue weighted by Crippen LogP contribution is -2.31. The Bertz CT molecular complexity index is 1220. The largest absolute Gasteiger partial charge is 0.348 e. The zero-order chi connectivity index (χ0) is 23.5. The van der Waals surface area contributed by atoms with Crippen LogP contribution in [0.15, 0.2) is 53.4 Å². The summed E-state index contributed by atoms with van der Waals surface area (Å²) in [6, 6.07) is 12.9. The lowest BCUT2D eigenvalue weighted by atomic mass is 10.1. The molecule has 0 saturated carbocycles. The molecule has 3 aromatic rings. The maximum Gasteiger partial charge on any atom is 0.254 e. The summed E-state index contributed by atoms with van der Waals surface area (Å²) in [7, 11) is -3.81. The van der Waals surface area contributed by atoms with Crippen molar-refractivity contribution in [3.63, 3.8) is 0 Å². The molecule has 0 aliphatic heterocycles. The Morgan fingerprint density at radius 3 is 2.38 bits per heavy atom. The smallest absolute Gasteiger partial charge is 0.254 e. The number of benzene rings is 2. The number of sulfonamides is 1. The number of carbonyl (C=O) groups excluding carboxylic acids is 1. The molecule has 1 N–H and O–H groups in total. The van der Waals surface area contributed by atoms with Gasteiger partial charge in [0.1, 0.15) is 5.82 Å². The minimum atomic E-state index is -3.81. The van der Waals surface area contributed by atoms with E-state index >= 15 is 0 Å². The van der Waals surface area contributed by atoms with Crippen molar-refractivity contribution in [3.05, 3.63) is 76.9 Å². The molecule has 9 heteroatoms. The first-order valence-electron chi connectivity index (χ1n) is 10.4. The SMILES string of the molecule is CCN(CC)S(=O)(=O)c1ccc(F)c(C(=O)NCc2c(C)nn(-c3ccccc3)c2C)c1. The molecule has 2 aromatic carbocycles. The van der Waals surface area contributed by atoms with E-state index in [1.165, 1.54) is 10.4 Å². The lowest BCUT2D eigenvalue weighted by Gasteiger charge is -2.19. The van der Waals surface area contributed by atoms with Crippen molar-refractivity contribution in [2.75, 3.05) is 13.1 Å². The summed E-state index contributed by atoms with van der Waals surface area (Å²) < 4.78 is 42.9. The third-order valence-corrected chi connectivity index (χ3v) is 7.44. The number of rotatable bonds is 8. The molecule has 170 valence electrons. The molecule has 0 aliphatic rings. The van der Waals surface area contributed by atoms with E-state index in [2.05, 4.69) is 10.4 Å². The molecule has 7 nitrogen and oxygen atoms in total. The van der Waals surface area contributed by atoms with E-state index in [4.69, 9.17) is 0 Å². The molecule has 0 atom stereocenters.